The van der Waals surface area contributed by atoms with Crippen LogP contribution in [0.15, 0.2) is 42.5 Å². The molecular weight excluding hydrogens is 368 g/mol. The van der Waals surface area contributed by atoms with Gasteiger partial charge in [0.2, 0.25) is 0 Å². The maximum Gasteiger partial charge on any atom is 0.344 e. The SMILES string of the molecule is CC(OC(=O)COc1ccc(C(C)(C)C)cc1)C(=O)Nc1cc(F)ccc1F. The predicted octanol–water partition coefficient (Wildman–Crippen LogP) is 4.21. The smallest absolute Gasteiger partial charge is 0.344 e. The number of anilines is 1. The van der Waals surface area contributed by atoms with Crippen molar-refractivity contribution in [3.05, 3.63) is 59.7 Å². The molecule has 5 nitrogen and oxygen atoms in total. The molecule has 2 aromatic carbocycles. The van der Waals surface area contributed by atoms with Gasteiger partial charge in [-0.15, -0.1) is 0 Å². The van der Waals surface area contributed by atoms with E-state index >= 15 is 0 Å². The number of rotatable bonds is 6. The quantitative estimate of drug-likeness (QED) is 0.749. The Morgan fingerprint density at radius 3 is 2.32 bits per heavy atom. The van der Waals surface area contributed by atoms with Crippen molar-refractivity contribution in [3.63, 3.8) is 0 Å². The van der Waals surface area contributed by atoms with Gasteiger partial charge in [-0.1, -0.05) is 32.9 Å². The highest BCUT2D eigenvalue weighted by Gasteiger charge is 2.20. The van der Waals surface area contributed by atoms with Crippen LogP contribution in [0.5, 0.6) is 5.75 Å². The van der Waals surface area contributed by atoms with Gasteiger partial charge in [-0.05, 0) is 42.2 Å². The summed E-state index contributed by atoms with van der Waals surface area (Å²) >= 11 is 0. The topological polar surface area (TPSA) is 64.6 Å². The number of hydrogen-bond donors (Lipinski definition) is 1. The summed E-state index contributed by atoms with van der Waals surface area (Å²) in [7, 11) is 0. The molecule has 0 radical (unpaired) electrons. The molecule has 0 aliphatic heterocycles. The highest BCUT2D eigenvalue weighted by molar-refractivity contribution is 5.95. The largest absolute Gasteiger partial charge is 0.482 e. The van der Waals surface area contributed by atoms with E-state index in [4.69, 9.17) is 9.47 Å². The maximum atomic E-state index is 13.6. The van der Waals surface area contributed by atoms with Crippen LogP contribution in [0.4, 0.5) is 14.5 Å². The zero-order chi connectivity index (χ0) is 20.9. The molecular formula is C21H23F2NO4. The van der Waals surface area contributed by atoms with Gasteiger partial charge in [0.05, 0.1) is 5.69 Å². The summed E-state index contributed by atoms with van der Waals surface area (Å²) in [6, 6.07) is 9.97. The summed E-state index contributed by atoms with van der Waals surface area (Å²) in [5.74, 6) is -2.55. The average Bonchev–Trinajstić information content (AvgIpc) is 2.62. The molecule has 28 heavy (non-hydrogen) atoms. The van der Waals surface area contributed by atoms with Gasteiger partial charge in [0.25, 0.3) is 5.91 Å². The fourth-order valence-corrected chi connectivity index (χ4v) is 2.31. The molecule has 1 unspecified atom stereocenters. The lowest BCUT2D eigenvalue weighted by Gasteiger charge is -2.19. The second-order valence-electron chi connectivity index (χ2n) is 7.31. The summed E-state index contributed by atoms with van der Waals surface area (Å²) in [5, 5.41) is 2.18. The monoisotopic (exact) mass is 391 g/mol. The molecule has 0 aromatic heterocycles. The van der Waals surface area contributed by atoms with E-state index in [1.54, 1.807) is 12.1 Å². The van der Waals surface area contributed by atoms with Crippen LogP contribution in [0, 0.1) is 11.6 Å². The van der Waals surface area contributed by atoms with Crippen LogP contribution in [0.2, 0.25) is 0 Å². The first-order valence-corrected chi connectivity index (χ1v) is 8.75. The summed E-state index contributed by atoms with van der Waals surface area (Å²) in [6.45, 7) is 7.19. The number of ether oxygens (including phenoxy) is 2. The van der Waals surface area contributed by atoms with Crippen molar-refractivity contribution in [2.45, 2.75) is 39.2 Å². The van der Waals surface area contributed by atoms with Crippen LogP contribution in [-0.2, 0) is 19.7 Å². The van der Waals surface area contributed by atoms with E-state index in [2.05, 4.69) is 26.1 Å². The Morgan fingerprint density at radius 1 is 1.07 bits per heavy atom. The second-order valence-corrected chi connectivity index (χ2v) is 7.31. The van der Waals surface area contributed by atoms with Crippen molar-refractivity contribution >= 4 is 17.6 Å². The summed E-state index contributed by atoms with van der Waals surface area (Å²) < 4.78 is 37.0. The molecule has 150 valence electrons. The number of esters is 1. The fraction of sp³-hybridized carbons (Fsp3) is 0.333. The number of hydrogen-bond acceptors (Lipinski definition) is 4. The zero-order valence-electron chi connectivity index (χ0n) is 16.2. The number of carbonyl (C=O) groups is 2. The molecule has 0 aliphatic rings. The molecule has 0 fully saturated rings. The number of benzene rings is 2. The summed E-state index contributed by atoms with van der Waals surface area (Å²) in [5.41, 5.74) is 0.793. The third-order valence-corrected chi connectivity index (χ3v) is 3.94. The van der Waals surface area contributed by atoms with Crippen LogP contribution < -0.4 is 10.1 Å². The van der Waals surface area contributed by atoms with Gasteiger partial charge in [0.15, 0.2) is 12.7 Å². The molecule has 0 saturated heterocycles. The molecule has 0 bridgehead atoms. The van der Waals surface area contributed by atoms with E-state index in [-0.39, 0.29) is 17.7 Å². The summed E-state index contributed by atoms with van der Waals surface area (Å²) in [4.78, 5) is 23.9. The van der Waals surface area contributed by atoms with Crippen molar-refractivity contribution in [3.8, 4) is 5.75 Å². The van der Waals surface area contributed by atoms with E-state index in [9.17, 15) is 18.4 Å². The molecule has 1 N–H and O–H groups in total. The Kier molecular flexibility index (Phi) is 6.72. The highest BCUT2D eigenvalue weighted by Crippen LogP contribution is 2.24. The van der Waals surface area contributed by atoms with Crippen LogP contribution in [0.1, 0.15) is 33.3 Å². The molecule has 7 heteroatoms. The zero-order valence-corrected chi connectivity index (χ0v) is 16.2. The van der Waals surface area contributed by atoms with Crippen LogP contribution in [0.25, 0.3) is 0 Å². The number of amides is 1. The Bertz CT molecular complexity index is 844. The van der Waals surface area contributed by atoms with E-state index in [0.717, 1.165) is 23.8 Å². The Morgan fingerprint density at radius 2 is 1.71 bits per heavy atom. The van der Waals surface area contributed by atoms with Gasteiger partial charge in [-0.25, -0.2) is 13.6 Å². The predicted molar refractivity (Wildman–Crippen MR) is 101 cm³/mol. The molecule has 0 saturated carbocycles. The van der Waals surface area contributed by atoms with Crippen molar-refractivity contribution in [1.82, 2.24) is 0 Å². The third kappa shape index (κ3) is 6.04. The molecule has 1 atom stereocenters. The Balaban J connectivity index is 1.85. The average molecular weight is 391 g/mol. The number of halogens is 2. The van der Waals surface area contributed by atoms with Gasteiger partial charge in [0, 0.05) is 6.07 Å². The molecule has 2 aromatic rings. The van der Waals surface area contributed by atoms with Gasteiger partial charge < -0.3 is 14.8 Å². The molecule has 2 rings (SSSR count). The van der Waals surface area contributed by atoms with E-state index in [1.807, 2.05) is 12.1 Å². The van der Waals surface area contributed by atoms with Crippen LogP contribution >= 0.6 is 0 Å². The normalized spacial score (nSPS) is 12.2. The van der Waals surface area contributed by atoms with E-state index in [0.29, 0.717) is 5.75 Å². The molecule has 0 spiro atoms. The minimum atomic E-state index is -1.21. The van der Waals surface area contributed by atoms with Gasteiger partial charge in [0.1, 0.15) is 17.4 Å². The lowest BCUT2D eigenvalue weighted by atomic mass is 9.87. The lowest BCUT2D eigenvalue weighted by Crippen LogP contribution is -2.32. The summed E-state index contributed by atoms with van der Waals surface area (Å²) in [6.07, 6.45) is -1.21. The minimum Gasteiger partial charge on any atom is -0.482 e. The second kappa shape index (κ2) is 8.82. The molecule has 0 heterocycles. The van der Waals surface area contributed by atoms with E-state index < -0.39 is 29.6 Å². The molecule has 0 aliphatic carbocycles. The van der Waals surface area contributed by atoms with Crippen molar-refractivity contribution in [2.24, 2.45) is 0 Å². The first-order valence-electron chi connectivity index (χ1n) is 8.75. The first-order chi connectivity index (χ1) is 13.1. The fourth-order valence-electron chi connectivity index (χ4n) is 2.31. The lowest BCUT2D eigenvalue weighted by molar-refractivity contribution is -0.155. The van der Waals surface area contributed by atoms with Gasteiger partial charge in [-0.3, -0.25) is 4.79 Å². The highest BCUT2D eigenvalue weighted by atomic mass is 19.1. The van der Waals surface area contributed by atoms with Gasteiger partial charge in [-0.2, -0.15) is 0 Å². The van der Waals surface area contributed by atoms with Crippen molar-refractivity contribution < 1.29 is 27.8 Å². The third-order valence-electron chi connectivity index (χ3n) is 3.94. The number of nitrogens with one attached hydrogen (secondary N) is 1. The van der Waals surface area contributed by atoms with Crippen molar-refractivity contribution in [2.75, 3.05) is 11.9 Å². The minimum absolute atomic E-state index is 0.00139. The van der Waals surface area contributed by atoms with E-state index in [1.165, 1.54) is 6.92 Å². The Labute approximate surface area is 162 Å². The standard InChI is InChI=1S/C21H23F2NO4/c1-13(20(26)24-18-11-15(22)7-10-17(18)23)28-19(25)12-27-16-8-5-14(6-9-16)21(2,3)4/h5-11,13H,12H2,1-4H3,(H,24,26). The van der Waals surface area contributed by atoms with Crippen LogP contribution in [-0.4, -0.2) is 24.6 Å². The van der Waals surface area contributed by atoms with Gasteiger partial charge >= 0.3 is 5.97 Å². The molecule has 1 amide bonds. The van der Waals surface area contributed by atoms with Crippen molar-refractivity contribution in [1.29, 1.82) is 0 Å². The Hall–Kier alpha value is -2.96. The first kappa shape index (κ1) is 21.3. The number of carbonyl (C=O) groups excluding carboxylic acids is 2. The maximum absolute atomic E-state index is 13.6. The van der Waals surface area contributed by atoms with Crippen LogP contribution in [0.3, 0.4) is 0 Å².